The fraction of sp³-hybridized carbons (Fsp3) is 0.188. The van der Waals surface area contributed by atoms with E-state index in [1.54, 1.807) is 0 Å². The van der Waals surface area contributed by atoms with Gasteiger partial charge in [-0.05, 0) is 37.6 Å². The summed E-state index contributed by atoms with van der Waals surface area (Å²) >= 11 is 0. The van der Waals surface area contributed by atoms with Crippen LogP contribution in [0.4, 0.5) is 5.95 Å². The minimum atomic E-state index is 0.711. The number of hydrazone groups is 1. The number of aryl methyl sites for hydroxylation is 2. The molecule has 0 aliphatic carbocycles. The Labute approximate surface area is 123 Å². The molecular weight excluding hydrogens is 262 g/mol. The first-order valence-electron chi connectivity index (χ1n) is 6.80. The number of nitrogens with one attached hydrogen (secondary N) is 1. The third-order valence-corrected chi connectivity index (χ3v) is 3.39. The van der Waals surface area contributed by atoms with Crippen LogP contribution in [-0.4, -0.2) is 20.2 Å². The Morgan fingerprint density at radius 3 is 2.71 bits per heavy atom. The standard InChI is InChI=1S/C16H17N5/c1-11-8-9-13(17-10-11)12(2)19-20-16-18-14-6-4-5-7-15(14)21(16)3/h4-10H,1-3H3,(H,18,20)/b19-12+. The third-order valence-electron chi connectivity index (χ3n) is 3.39. The first-order chi connectivity index (χ1) is 10.1. The van der Waals surface area contributed by atoms with Gasteiger partial charge in [0.2, 0.25) is 5.95 Å². The minimum Gasteiger partial charge on any atom is -0.312 e. The fourth-order valence-electron chi connectivity index (χ4n) is 2.12. The van der Waals surface area contributed by atoms with Gasteiger partial charge < -0.3 is 4.57 Å². The summed E-state index contributed by atoms with van der Waals surface area (Å²) in [6.07, 6.45) is 1.84. The van der Waals surface area contributed by atoms with Gasteiger partial charge in [-0.1, -0.05) is 18.2 Å². The number of imidazole rings is 1. The van der Waals surface area contributed by atoms with Gasteiger partial charge in [0.1, 0.15) is 0 Å². The molecule has 0 aliphatic heterocycles. The Morgan fingerprint density at radius 1 is 1.19 bits per heavy atom. The van der Waals surface area contributed by atoms with Gasteiger partial charge in [0.25, 0.3) is 0 Å². The topological polar surface area (TPSA) is 55.1 Å². The van der Waals surface area contributed by atoms with E-state index in [-0.39, 0.29) is 0 Å². The minimum absolute atomic E-state index is 0.711. The van der Waals surface area contributed by atoms with Gasteiger partial charge in [-0.2, -0.15) is 5.10 Å². The van der Waals surface area contributed by atoms with Crippen LogP contribution in [0.15, 0.2) is 47.7 Å². The Hall–Kier alpha value is -2.69. The highest BCUT2D eigenvalue weighted by Crippen LogP contribution is 2.17. The highest BCUT2D eigenvalue weighted by Gasteiger charge is 2.06. The van der Waals surface area contributed by atoms with Crippen LogP contribution >= 0.6 is 0 Å². The molecule has 0 unspecified atom stereocenters. The van der Waals surface area contributed by atoms with Crippen molar-refractivity contribution in [1.82, 2.24) is 14.5 Å². The quantitative estimate of drug-likeness (QED) is 0.592. The smallest absolute Gasteiger partial charge is 0.224 e. The Kier molecular flexibility index (Phi) is 3.39. The van der Waals surface area contributed by atoms with E-state index in [1.807, 2.05) is 68.1 Å². The summed E-state index contributed by atoms with van der Waals surface area (Å²) in [5, 5.41) is 4.37. The highest BCUT2D eigenvalue weighted by molar-refractivity contribution is 5.97. The second-order valence-electron chi connectivity index (χ2n) is 5.01. The number of hydrogen-bond donors (Lipinski definition) is 1. The van der Waals surface area contributed by atoms with Gasteiger partial charge in [-0.15, -0.1) is 0 Å². The van der Waals surface area contributed by atoms with E-state index < -0.39 is 0 Å². The van der Waals surface area contributed by atoms with Crippen LogP contribution in [0.3, 0.4) is 0 Å². The number of anilines is 1. The maximum atomic E-state index is 4.52. The first-order valence-corrected chi connectivity index (χ1v) is 6.80. The molecule has 21 heavy (non-hydrogen) atoms. The molecule has 3 rings (SSSR count). The van der Waals surface area contributed by atoms with Gasteiger partial charge in [-0.3, -0.25) is 4.98 Å². The zero-order chi connectivity index (χ0) is 14.8. The molecule has 106 valence electrons. The van der Waals surface area contributed by atoms with E-state index in [2.05, 4.69) is 20.5 Å². The van der Waals surface area contributed by atoms with Crippen molar-refractivity contribution in [2.75, 3.05) is 5.43 Å². The van der Waals surface area contributed by atoms with Crippen molar-refractivity contribution in [2.24, 2.45) is 12.1 Å². The van der Waals surface area contributed by atoms with Crippen molar-refractivity contribution in [3.8, 4) is 0 Å². The fourth-order valence-corrected chi connectivity index (χ4v) is 2.12. The van der Waals surface area contributed by atoms with Crippen molar-refractivity contribution in [2.45, 2.75) is 13.8 Å². The van der Waals surface area contributed by atoms with Crippen LogP contribution in [-0.2, 0) is 7.05 Å². The molecule has 0 saturated carbocycles. The van der Waals surface area contributed by atoms with Gasteiger partial charge in [0.15, 0.2) is 0 Å². The molecule has 2 heterocycles. The number of pyridine rings is 1. The molecule has 0 radical (unpaired) electrons. The summed E-state index contributed by atoms with van der Waals surface area (Å²) in [6.45, 7) is 3.94. The summed E-state index contributed by atoms with van der Waals surface area (Å²) in [7, 11) is 1.96. The van der Waals surface area contributed by atoms with Gasteiger partial charge in [0, 0.05) is 13.2 Å². The SMILES string of the molecule is C/C(=N\Nc1nc2ccccc2n1C)c1ccc(C)cn1. The lowest BCUT2D eigenvalue weighted by Gasteiger charge is -2.03. The van der Waals surface area contributed by atoms with E-state index in [0.29, 0.717) is 5.95 Å². The molecule has 0 amide bonds. The molecule has 5 heteroatoms. The summed E-state index contributed by atoms with van der Waals surface area (Å²) in [5.41, 5.74) is 7.84. The average molecular weight is 279 g/mol. The number of hydrogen-bond acceptors (Lipinski definition) is 4. The molecule has 1 aromatic carbocycles. The van der Waals surface area contributed by atoms with E-state index in [0.717, 1.165) is 28.0 Å². The predicted octanol–water partition coefficient (Wildman–Crippen LogP) is 3.11. The van der Waals surface area contributed by atoms with Crippen LogP contribution < -0.4 is 5.43 Å². The molecule has 0 fully saturated rings. The summed E-state index contributed by atoms with van der Waals surface area (Å²) in [4.78, 5) is 8.87. The van der Waals surface area contributed by atoms with E-state index in [9.17, 15) is 0 Å². The van der Waals surface area contributed by atoms with Crippen LogP contribution in [0, 0.1) is 6.92 Å². The summed E-state index contributed by atoms with van der Waals surface area (Å²) in [6, 6.07) is 12.0. The maximum absolute atomic E-state index is 4.52. The van der Waals surface area contributed by atoms with Crippen molar-refractivity contribution in [3.05, 3.63) is 53.9 Å². The largest absolute Gasteiger partial charge is 0.312 e. The Balaban J connectivity index is 1.86. The second-order valence-corrected chi connectivity index (χ2v) is 5.01. The number of fused-ring (bicyclic) bond motifs is 1. The maximum Gasteiger partial charge on any atom is 0.224 e. The molecule has 0 bridgehead atoms. The predicted molar refractivity (Wildman–Crippen MR) is 85.5 cm³/mol. The van der Waals surface area contributed by atoms with Crippen molar-refractivity contribution in [3.63, 3.8) is 0 Å². The molecule has 1 N–H and O–H groups in total. The van der Waals surface area contributed by atoms with Crippen LogP contribution in [0.25, 0.3) is 11.0 Å². The molecule has 0 aliphatic rings. The van der Waals surface area contributed by atoms with Crippen molar-refractivity contribution >= 4 is 22.7 Å². The molecule has 3 aromatic rings. The normalized spacial score (nSPS) is 11.9. The van der Waals surface area contributed by atoms with E-state index >= 15 is 0 Å². The molecule has 0 saturated heterocycles. The zero-order valence-corrected chi connectivity index (χ0v) is 12.3. The molecule has 0 atom stereocenters. The van der Waals surface area contributed by atoms with Crippen LogP contribution in [0.5, 0.6) is 0 Å². The lowest BCUT2D eigenvalue weighted by molar-refractivity contribution is 0.942. The van der Waals surface area contributed by atoms with E-state index in [1.165, 1.54) is 0 Å². The summed E-state index contributed by atoms with van der Waals surface area (Å²) < 4.78 is 1.98. The number of aromatic nitrogens is 3. The number of benzene rings is 1. The lowest BCUT2D eigenvalue weighted by Crippen LogP contribution is -2.05. The van der Waals surface area contributed by atoms with Gasteiger partial charge in [-0.25, -0.2) is 10.4 Å². The van der Waals surface area contributed by atoms with Crippen LogP contribution in [0.2, 0.25) is 0 Å². The Bertz CT molecular complexity index is 799. The van der Waals surface area contributed by atoms with Crippen molar-refractivity contribution in [1.29, 1.82) is 0 Å². The molecule has 5 nitrogen and oxygen atoms in total. The number of para-hydroxylation sites is 2. The number of rotatable bonds is 3. The average Bonchev–Trinajstić information content (AvgIpc) is 2.82. The lowest BCUT2D eigenvalue weighted by atomic mass is 10.2. The third kappa shape index (κ3) is 2.63. The zero-order valence-electron chi connectivity index (χ0n) is 12.3. The second kappa shape index (κ2) is 5.36. The van der Waals surface area contributed by atoms with E-state index in [4.69, 9.17) is 0 Å². The Morgan fingerprint density at radius 2 is 2.00 bits per heavy atom. The molecular formula is C16H17N5. The van der Waals surface area contributed by atoms with Gasteiger partial charge >= 0.3 is 0 Å². The monoisotopic (exact) mass is 279 g/mol. The van der Waals surface area contributed by atoms with Crippen LogP contribution in [0.1, 0.15) is 18.2 Å². The van der Waals surface area contributed by atoms with Gasteiger partial charge in [0.05, 0.1) is 22.4 Å². The highest BCUT2D eigenvalue weighted by atomic mass is 15.4. The number of nitrogens with zero attached hydrogens (tertiary/aromatic N) is 4. The van der Waals surface area contributed by atoms with Crippen molar-refractivity contribution < 1.29 is 0 Å². The molecule has 0 spiro atoms. The first kappa shape index (κ1) is 13.3. The summed E-state index contributed by atoms with van der Waals surface area (Å²) in [5.74, 6) is 0.711. The molecule has 2 aromatic heterocycles.